The Morgan fingerprint density at radius 2 is 1.12 bits per heavy atom. The fraction of sp³-hybridized carbons (Fsp3) is 0.625. The summed E-state index contributed by atoms with van der Waals surface area (Å²) in [6, 6.07) is 22.7. The van der Waals surface area contributed by atoms with Crippen LogP contribution in [0.1, 0.15) is 166 Å². The molecule has 0 N–H and O–H groups in total. The smallest absolute Gasteiger partial charge is 0.112 e. The molecule has 1 heterocycles. The highest BCUT2D eigenvalue weighted by Crippen LogP contribution is 2.44. The van der Waals surface area contributed by atoms with Crippen molar-refractivity contribution in [1.82, 2.24) is 9.55 Å². The van der Waals surface area contributed by atoms with E-state index in [-0.39, 0.29) is 5.41 Å². The highest BCUT2D eigenvalue weighted by atomic mass is 15.1. The maximum atomic E-state index is 5.03. The second kappa shape index (κ2) is 19.8. The van der Waals surface area contributed by atoms with Crippen LogP contribution in [0.2, 0.25) is 0 Å². The molecule has 0 aliphatic carbocycles. The first-order chi connectivity index (χ1) is 20.6. The zero-order chi connectivity index (χ0) is 29.9. The molecule has 2 atom stereocenters. The van der Waals surface area contributed by atoms with E-state index in [9.17, 15) is 0 Å². The van der Waals surface area contributed by atoms with Gasteiger partial charge >= 0.3 is 0 Å². The Balaban J connectivity index is 1.50. The van der Waals surface area contributed by atoms with Crippen LogP contribution in [0.25, 0.3) is 0 Å². The third-order valence-electron chi connectivity index (χ3n) is 9.53. The molecule has 3 rings (SSSR count). The second-order valence-electron chi connectivity index (χ2n) is 13.4. The summed E-state index contributed by atoms with van der Waals surface area (Å²) in [5.41, 5.74) is 2.80. The van der Waals surface area contributed by atoms with Gasteiger partial charge in [0.15, 0.2) is 0 Å². The normalized spacial score (nSPS) is 13.8. The highest BCUT2D eigenvalue weighted by Gasteiger charge is 2.39. The zero-order valence-electron chi connectivity index (χ0n) is 27.7. The lowest BCUT2D eigenvalue weighted by Crippen LogP contribution is -2.35. The van der Waals surface area contributed by atoms with E-state index in [1.807, 2.05) is 6.20 Å². The Morgan fingerprint density at radius 3 is 1.62 bits per heavy atom. The van der Waals surface area contributed by atoms with E-state index >= 15 is 0 Å². The molecule has 0 bridgehead atoms. The van der Waals surface area contributed by atoms with E-state index in [0.717, 1.165) is 6.42 Å². The highest BCUT2D eigenvalue weighted by molar-refractivity contribution is 5.33. The Morgan fingerprint density at radius 1 is 0.643 bits per heavy atom. The van der Waals surface area contributed by atoms with Gasteiger partial charge in [0.05, 0.1) is 0 Å². The third kappa shape index (κ3) is 11.4. The van der Waals surface area contributed by atoms with E-state index in [4.69, 9.17) is 4.98 Å². The molecule has 0 aliphatic heterocycles. The predicted octanol–water partition coefficient (Wildman–Crippen LogP) is 12.4. The van der Waals surface area contributed by atoms with Crippen molar-refractivity contribution in [1.29, 1.82) is 0 Å². The number of rotatable bonds is 23. The fourth-order valence-electron chi connectivity index (χ4n) is 6.93. The molecule has 3 aromatic rings. The van der Waals surface area contributed by atoms with Gasteiger partial charge in [-0.3, -0.25) is 0 Å². The predicted molar refractivity (Wildman–Crippen MR) is 183 cm³/mol. The molecule has 2 nitrogen and oxygen atoms in total. The summed E-state index contributed by atoms with van der Waals surface area (Å²) in [4.78, 5) is 5.03. The van der Waals surface area contributed by atoms with Crippen LogP contribution in [-0.4, -0.2) is 9.55 Å². The van der Waals surface area contributed by atoms with Gasteiger partial charge in [0.25, 0.3) is 0 Å². The molecule has 0 spiro atoms. The Hall–Kier alpha value is -2.35. The largest absolute Gasteiger partial charge is 0.332 e. The minimum atomic E-state index is -0.0316. The van der Waals surface area contributed by atoms with Gasteiger partial charge in [0.2, 0.25) is 0 Å². The third-order valence-corrected chi connectivity index (χ3v) is 9.53. The van der Waals surface area contributed by atoms with Crippen molar-refractivity contribution < 1.29 is 0 Å². The van der Waals surface area contributed by atoms with Crippen LogP contribution < -0.4 is 0 Å². The molecule has 0 radical (unpaired) electrons. The summed E-state index contributed by atoms with van der Waals surface area (Å²) in [7, 11) is 0. The van der Waals surface area contributed by atoms with Crippen LogP contribution in [0.3, 0.4) is 0 Å². The number of aromatic nitrogens is 2. The lowest BCUT2D eigenvalue weighted by atomic mass is 9.66. The minimum absolute atomic E-state index is 0.0316. The van der Waals surface area contributed by atoms with E-state index in [2.05, 4.69) is 99.1 Å². The molecule has 0 saturated carbocycles. The summed E-state index contributed by atoms with van der Waals surface area (Å²) < 4.78 is 2.42. The van der Waals surface area contributed by atoms with Gasteiger partial charge < -0.3 is 4.57 Å². The van der Waals surface area contributed by atoms with Crippen LogP contribution in [-0.2, 0) is 11.8 Å². The zero-order valence-corrected chi connectivity index (χ0v) is 27.7. The van der Waals surface area contributed by atoms with Gasteiger partial charge in [-0.15, -0.1) is 0 Å². The number of nitrogens with zero attached hydrogens (tertiary/aromatic N) is 2. The summed E-state index contributed by atoms with van der Waals surface area (Å²) in [6.07, 6.45) is 29.0. The molecule has 2 heteroatoms. The topological polar surface area (TPSA) is 17.8 Å². The van der Waals surface area contributed by atoms with Crippen molar-refractivity contribution in [2.24, 2.45) is 0 Å². The quantitative estimate of drug-likeness (QED) is 0.104. The van der Waals surface area contributed by atoms with Crippen molar-refractivity contribution in [2.45, 2.75) is 161 Å². The lowest BCUT2D eigenvalue weighted by Gasteiger charge is -2.39. The molecule has 0 fully saturated rings. The first kappa shape index (κ1) is 34.1. The summed E-state index contributed by atoms with van der Waals surface area (Å²) in [5.74, 6) is 1.62. The average Bonchev–Trinajstić information content (AvgIpc) is 3.49. The first-order valence-electron chi connectivity index (χ1n) is 17.7. The number of benzene rings is 2. The number of unbranched alkanes of at least 4 members (excludes halogenated alkanes) is 15. The molecule has 0 saturated heterocycles. The number of imidazole rings is 1. The molecule has 1 aromatic heterocycles. The molecule has 232 valence electrons. The van der Waals surface area contributed by atoms with Gasteiger partial charge in [0, 0.05) is 29.8 Å². The van der Waals surface area contributed by atoms with Crippen molar-refractivity contribution in [3.8, 4) is 0 Å². The Kier molecular flexibility index (Phi) is 16.1. The second-order valence-corrected chi connectivity index (χ2v) is 13.4. The number of hydrogen-bond donors (Lipinski definition) is 0. The average molecular weight is 571 g/mol. The summed E-state index contributed by atoms with van der Waals surface area (Å²) >= 11 is 0. The standard InChI is InChI=1S/C40H62N2/c1-5-6-7-8-9-10-11-12-13-14-15-16-17-18-19-26-31-38(39-41-32-33-42(39)35(2)3)40(4,37-29-24-21-25-30-37)34-36-27-22-20-23-28-36/h20-25,27-30,32-33,35,38H,5-19,26,31,34H2,1-4H3. The van der Waals surface area contributed by atoms with Gasteiger partial charge in [-0.2, -0.15) is 0 Å². The molecule has 2 unspecified atom stereocenters. The Bertz CT molecular complexity index is 1050. The lowest BCUT2D eigenvalue weighted by molar-refractivity contribution is 0.318. The number of hydrogen-bond acceptors (Lipinski definition) is 1. The first-order valence-corrected chi connectivity index (χ1v) is 17.7. The van der Waals surface area contributed by atoms with Crippen molar-refractivity contribution in [3.05, 3.63) is 90.0 Å². The van der Waals surface area contributed by atoms with Crippen LogP contribution in [0, 0.1) is 0 Å². The fourth-order valence-corrected chi connectivity index (χ4v) is 6.93. The van der Waals surface area contributed by atoms with E-state index in [1.165, 1.54) is 126 Å². The van der Waals surface area contributed by atoms with Crippen LogP contribution >= 0.6 is 0 Å². The molecular formula is C40H62N2. The van der Waals surface area contributed by atoms with Crippen molar-refractivity contribution in [2.75, 3.05) is 0 Å². The van der Waals surface area contributed by atoms with Crippen LogP contribution in [0.4, 0.5) is 0 Å². The van der Waals surface area contributed by atoms with E-state index in [0.29, 0.717) is 12.0 Å². The minimum Gasteiger partial charge on any atom is -0.332 e. The van der Waals surface area contributed by atoms with E-state index < -0.39 is 0 Å². The molecule has 0 aliphatic rings. The summed E-state index contributed by atoms with van der Waals surface area (Å²) in [6.45, 7) is 9.36. The van der Waals surface area contributed by atoms with Gasteiger partial charge in [-0.05, 0) is 37.8 Å². The van der Waals surface area contributed by atoms with Crippen molar-refractivity contribution >= 4 is 0 Å². The SMILES string of the molecule is CCCCCCCCCCCCCCCCCCC(c1nccn1C(C)C)C(C)(Cc1ccccc1)c1ccccc1. The van der Waals surface area contributed by atoms with E-state index in [1.54, 1.807) is 0 Å². The van der Waals surface area contributed by atoms with Crippen molar-refractivity contribution in [3.63, 3.8) is 0 Å². The molecule has 2 aromatic carbocycles. The summed E-state index contributed by atoms with van der Waals surface area (Å²) in [5, 5.41) is 0. The van der Waals surface area contributed by atoms with Crippen LogP contribution in [0.15, 0.2) is 73.1 Å². The molecule has 42 heavy (non-hydrogen) atoms. The molecular weight excluding hydrogens is 508 g/mol. The molecule has 0 amide bonds. The maximum absolute atomic E-state index is 5.03. The van der Waals surface area contributed by atoms with Gasteiger partial charge in [-0.25, -0.2) is 4.98 Å². The van der Waals surface area contributed by atoms with Gasteiger partial charge in [0.1, 0.15) is 5.82 Å². The van der Waals surface area contributed by atoms with Crippen LogP contribution in [0.5, 0.6) is 0 Å². The maximum Gasteiger partial charge on any atom is 0.112 e. The van der Waals surface area contributed by atoms with Gasteiger partial charge in [-0.1, -0.05) is 177 Å². The Labute approximate surface area is 259 Å². The monoisotopic (exact) mass is 570 g/mol.